The molecular weight excluding hydrogens is 705 g/mol. The third-order valence-corrected chi connectivity index (χ3v) is 9.65. The Kier molecular flexibility index (Phi) is 10.1. The second-order valence-electron chi connectivity index (χ2n) is 16.2. The quantitative estimate of drug-likeness (QED) is 0.109. The molecule has 7 aromatic rings. The van der Waals surface area contributed by atoms with Crippen molar-refractivity contribution in [3.63, 3.8) is 0 Å². The highest BCUT2D eigenvalue weighted by molar-refractivity contribution is 5.93. The minimum atomic E-state index is -0.361. The van der Waals surface area contributed by atoms with Gasteiger partial charge in [-0.2, -0.15) is 0 Å². The fourth-order valence-corrected chi connectivity index (χ4v) is 6.63. The summed E-state index contributed by atoms with van der Waals surface area (Å²) in [5.74, 6) is -0.116. The molecule has 0 atom stereocenters. The van der Waals surface area contributed by atoms with Crippen molar-refractivity contribution in [3.05, 3.63) is 119 Å². The number of carbonyl (C=O) groups excluding carboxylic acids is 2. The number of nitrogens with one attached hydrogen (secondary N) is 2. The summed E-state index contributed by atoms with van der Waals surface area (Å²) in [7, 11) is 0. The van der Waals surface area contributed by atoms with Crippen LogP contribution in [0.4, 0.5) is 11.4 Å². The first kappa shape index (κ1) is 37.7. The lowest BCUT2D eigenvalue weighted by Gasteiger charge is -2.23. The van der Waals surface area contributed by atoms with Crippen molar-refractivity contribution in [1.29, 1.82) is 0 Å². The molecule has 286 valence electrons. The van der Waals surface area contributed by atoms with E-state index in [2.05, 4.69) is 31.0 Å². The maximum Gasteiger partial charge on any atom is 0.224 e. The van der Waals surface area contributed by atoms with Gasteiger partial charge in [0.05, 0.1) is 0 Å². The van der Waals surface area contributed by atoms with Crippen LogP contribution in [0.15, 0.2) is 97.1 Å². The fourth-order valence-electron chi connectivity index (χ4n) is 6.63. The van der Waals surface area contributed by atoms with Gasteiger partial charge < -0.3 is 20.8 Å². The van der Waals surface area contributed by atoms with Crippen LogP contribution >= 0.6 is 0 Å². The highest BCUT2D eigenvalue weighted by atomic mass is 16.3. The predicted octanol–water partition coefficient (Wildman–Crippen LogP) is 8.30. The van der Waals surface area contributed by atoms with E-state index in [0.717, 1.165) is 44.3 Å². The molecule has 0 aliphatic carbocycles. The van der Waals surface area contributed by atoms with E-state index in [0.29, 0.717) is 35.6 Å². The molecule has 4 N–H and O–H groups in total. The molecule has 0 bridgehead atoms. The normalized spacial score (nSPS) is 12.0. The SMILES string of the molecule is CC(C)(C)c1cc(CCC(=O)Nc2ccc(NC(=O)CCc3cc(-n4nc5ccccc5n4)c(O)c(C(C)(C)C)c3)cc2)cc(-n2nc3ccccc3n2)c1O. The molecule has 0 saturated heterocycles. The predicted molar refractivity (Wildman–Crippen MR) is 219 cm³/mol. The van der Waals surface area contributed by atoms with Crippen LogP contribution in [0.25, 0.3) is 33.4 Å². The van der Waals surface area contributed by atoms with Crippen LogP contribution in [0.5, 0.6) is 11.5 Å². The number of phenolic OH excluding ortho intramolecular Hbond substituents is 2. The van der Waals surface area contributed by atoms with E-state index in [4.69, 9.17) is 0 Å². The number of hydrogen-bond acceptors (Lipinski definition) is 8. The van der Waals surface area contributed by atoms with E-state index in [1.54, 1.807) is 24.3 Å². The number of amides is 2. The molecule has 2 aromatic heterocycles. The number of fused-ring (bicyclic) bond motifs is 2. The van der Waals surface area contributed by atoms with Crippen LogP contribution in [-0.4, -0.2) is 52.0 Å². The van der Waals surface area contributed by atoms with Gasteiger partial charge in [-0.05, 0) is 95.5 Å². The number of carbonyl (C=O) groups is 2. The van der Waals surface area contributed by atoms with Gasteiger partial charge in [-0.1, -0.05) is 77.9 Å². The van der Waals surface area contributed by atoms with Crippen molar-refractivity contribution in [3.8, 4) is 22.9 Å². The van der Waals surface area contributed by atoms with Crippen LogP contribution in [0.2, 0.25) is 0 Å². The van der Waals surface area contributed by atoms with E-state index in [-0.39, 0.29) is 47.0 Å². The average Bonchev–Trinajstić information content (AvgIpc) is 3.78. The number of anilines is 2. The summed E-state index contributed by atoms with van der Waals surface area (Å²) in [5, 5.41) is 46.7. The van der Waals surface area contributed by atoms with Gasteiger partial charge in [-0.25, -0.2) is 0 Å². The Bertz CT molecular complexity index is 2330. The number of phenols is 2. The highest BCUT2D eigenvalue weighted by Crippen LogP contribution is 2.38. The zero-order valence-corrected chi connectivity index (χ0v) is 32.5. The summed E-state index contributed by atoms with van der Waals surface area (Å²) in [5.41, 5.74) is 7.53. The summed E-state index contributed by atoms with van der Waals surface area (Å²) < 4.78 is 0. The standard InChI is InChI=1S/C44H46N8O4/c1-43(2,3)31-23-27(25-37(41(31)55)51-47-33-11-7-8-12-34(33)48-51)15-21-39(53)45-29-17-19-30(20-18-29)46-40(54)22-16-28-24-32(44(4,5)6)42(56)38(26-28)52-49-35-13-9-10-14-36(35)50-52/h7-14,17-20,23-26,55-56H,15-16,21-22H2,1-6H3,(H,45,53)(H,46,54). The first-order valence-corrected chi connectivity index (χ1v) is 18.7. The van der Waals surface area contributed by atoms with Gasteiger partial charge in [0.2, 0.25) is 11.8 Å². The maximum atomic E-state index is 13.1. The number of aromatic nitrogens is 6. The van der Waals surface area contributed by atoms with Crippen molar-refractivity contribution >= 4 is 45.3 Å². The van der Waals surface area contributed by atoms with Crippen molar-refractivity contribution in [2.24, 2.45) is 0 Å². The van der Waals surface area contributed by atoms with Crippen molar-refractivity contribution in [2.75, 3.05) is 10.6 Å². The maximum absolute atomic E-state index is 13.1. The number of benzene rings is 5. The Labute approximate surface area is 325 Å². The Hall–Kier alpha value is -6.56. The minimum Gasteiger partial charge on any atom is -0.505 e. The molecule has 0 spiro atoms. The topological polar surface area (TPSA) is 160 Å². The second kappa shape index (κ2) is 14.9. The molecule has 12 heteroatoms. The molecule has 0 aliphatic heterocycles. The molecule has 2 heterocycles. The van der Waals surface area contributed by atoms with Gasteiger partial charge in [0, 0.05) is 35.3 Å². The molecule has 5 aromatic carbocycles. The summed E-state index contributed by atoms with van der Waals surface area (Å²) >= 11 is 0. The van der Waals surface area contributed by atoms with Gasteiger partial charge in [0.15, 0.2) is 0 Å². The Morgan fingerprint density at radius 3 is 1.16 bits per heavy atom. The zero-order chi connectivity index (χ0) is 39.8. The molecule has 0 saturated carbocycles. The first-order valence-electron chi connectivity index (χ1n) is 18.7. The van der Waals surface area contributed by atoms with E-state index in [1.807, 2.05) is 114 Å². The van der Waals surface area contributed by atoms with E-state index in [9.17, 15) is 19.8 Å². The van der Waals surface area contributed by atoms with Crippen molar-refractivity contribution < 1.29 is 19.8 Å². The number of rotatable bonds is 10. The Morgan fingerprint density at radius 1 is 0.536 bits per heavy atom. The van der Waals surface area contributed by atoms with Crippen LogP contribution in [-0.2, 0) is 33.3 Å². The third kappa shape index (κ3) is 8.24. The van der Waals surface area contributed by atoms with Crippen LogP contribution in [0.3, 0.4) is 0 Å². The van der Waals surface area contributed by atoms with Crippen molar-refractivity contribution in [1.82, 2.24) is 30.0 Å². The molecule has 56 heavy (non-hydrogen) atoms. The van der Waals surface area contributed by atoms with E-state index >= 15 is 0 Å². The number of aromatic hydroxyl groups is 2. The van der Waals surface area contributed by atoms with Crippen LogP contribution in [0.1, 0.15) is 76.6 Å². The molecule has 0 fully saturated rings. The van der Waals surface area contributed by atoms with Gasteiger partial charge >= 0.3 is 0 Å². The fraction of sp³-hybridized carbons (Fsp3) is 0.273. The largest absolute Gasteiger partial charge is 0.505 e. The number of aryl methyl sites for hydroxylation is 2. The molecule has 12 nitrogen and oxygen atoms in total. The molecule has 0 aliphatic rings. The Balaban J connectivity index is 0.974. The molecule has 2 amide bonds. The van der Waals surface area contributed by atoms with Crippen molar-refractivity contribution in [2.45, 2.75) is 78.1 Å². The minimum absolute atomic E-state index is 0.110. The molecule has 7 rings (SSSR count). The van der Waals surface area contributed by atoms with Gasteiger partial charge in [0.25, 0.3) is 0 Å². The molecule has 0 radical (unpaired) electrons. The number of hydrogen-bond donors (Lipinski definition) is 4. The lowest BCUT2D eigenvalue weighted by Crippen LogP contribution is -2.16. The first-order chi connectivity index (χ1) is 26.6. The summed E-state index contributed by atoms with van der Waals surface area (Å²) in [6.07, 6.45) is 1.30. The van der Waals surface area contributed by atoms with E-state index in [1.165, 1.54) is 9.59 Å². The van der Waals surface area contributed by atoms with Crippen LogP contribution < -0.4 is 10.6 Å². The average molecular weight is 751 g/mol. The highest BCUT2D eigenvalue weighted by Gasteiger charge is 2.25. The molecular formula is C44H46N8O4. The lowest BCUT2D eigenvalue weighted by molar-refractivity contribution is -0.117. The van der Waals surface area contributed by atoms with Gasteiger partial charge in [0.1, 0.15) is 44.9 Å². The number of nitrogens with zero attached hydrogens (tertiary/aromatic N) is 6. The second-order valence-corrected chi connectivity index (χ2v) is 16.2. The van der Waals surface area contributed by atoms with Crippen LogP contribution in [0, 0.1) is 0 Å². The third-order valence-electron chi connectivity index (χ3n) is 9.65. The monoisotopic (exact) mass is 750 g/mol. The Morgan fingerprint density at radius 2 is 0.857 bits per heavy atom. The van der Waals surface area contributed by atoms with Gasteiger partial charge in [-0.15, -0.1) is 30.0 Å². The summed E-state index contributed by atoms with van der Waals surface area (Å²) in [6.45, 7) is 12.2. The van der Waals surface area contributed by atoms with E-state index < -0.39 is 0 Å². The zero-order valence-electron chi connectivity index (χ0n) is 32.5. The summed E-state index contributed by atoms with van der Waals surface area (Å²) in [4.78, 5) is 29.0. The van der Waals surface area contributed by atoms with Gasteiger partial charge in [-0.3, -0.25) is 9.59 Å². The summed E-state index contributed by atoms with van der Waals surface area (Å²) in [6, 6.07) is 29.6. The smallest absolute Gasteiger partial charge is 0.224 e. The molecule has 0 unspecified atom stereocenters. The lowest BCUT2D eigenvalue weighted by atomic mass is 9.84.